The fourth-order valence-electron chi connectivity index (χ4n) is 2.52. The maximum atomic E-state index is 12.4. The fourth-order valence-corrected chi connectivity index (χ4v) is 2.52. The molecule has 0 atom stereocenters. The van der Waals surface area contributed by atoms with Gasteiger partial charge in [-0.2, -0.15) is 4.57 Å². The first-order chi connectivity index (χ1) is 12.2. The monoisotopic (exact) mass is 332 g/mol. The number of aromatic nitrogens is 1. The molecule has 25 heavy (non-hydrogen) atoms. The molecule has 0 saturated heterocycles. The Bertz CT molecular complexity index is 887. The van der Waals surface area contributed by atoms with Crippen molar-refractivity contribution in [1.29, 1.82) is 0 Å². The van der Waals surface area contributed by atoms with Gasteiger partial charge in [-0.15, -0.1) is 0 Å². The quantitative estimate of drug-likeness (QED) is 0.515. The molecule has 124 valence electrons. The molecular formula is C21H18NO3+. The third kappa shape index (κ3) is 3.98. The van der Waals surface area contributed by atoms with E-state index in [0.717, 1.165) is 0 Å². The molecule has 4 heteroatoms. The summed E-state index contributed by atoms with van der Waals surface area (Å²) in [5.41, 5.74) is 1.83. The Balaban J connectivity index is 1.72. The van der Waals surface area contributed by atoms with Crippen molar-refractivity contribution < 1.29 is 18.9 Å². The van der Waals surface area contributed by atoms with Gasteiger partial charge in [0, 0.05) is 28.8 Å². The number of carbonyl (C=O) groups excluding carboxylic acids is 2. The lowest BCUT2D eigenvalue weighted by Gasteiger charge is -2.03. The molecule has 2 aromatic carbocycles. The van der Waals surface area contributed by atoms with E-state index >= 15 is 0 Å². The molecule has 0 fully saturated rings. The van der Waals surface area contributed by atoms with Crippen LogP contribution in [0.25, 0.3) is 0 Å². The van der Waals surface area contributed by atoms with Gasteiger partial charge in [0.1, 0.15) is 5.75 Å². The third-order valence-corrected chi connectivity index (χ3v) is 3.91. The molecule has 0 aliphatic heterocycles. The van der Waals surface area contributed by atoms with E-state index in [1.165, 1.54) is 0 Å². The number of hydrogen-bond acceptors (Lipinski definition) is 3. The second-order valence-corrected chi connectivity index (χ2v) is 5.61. The molecule has 0 saturated carbocycles. The normalized spacial score (nSPS) is 10.3. The van der Waals surface area contributed by atoms with E-state index in [-0.39, 0.29) is 18.1 Å². The van der Waals surface area contributed by atoms with E-state index in [0.29, 0.717) is 22.4 Å². The van der Waals surface area contributed by atoms with Crippen LogP contribution in [0.2, 0.25) is 0 Å². The molecule has 1 heterocycles. The molecule has 3 rings (SSSR count). The Morgan fingerprint density at radius 1 is 0.840 bits per heavy atom. The molecule has 0 N–H and O–H groups in total. The molecule has 1 aromatic heterocycles. The lowest BCUT2D eigenvalue weighted by molar-refractivity contribution is -0.683. The van der Waals surface area contributed by atoms with Crippen LogP contribution in [0.15, 0.2) is 79.1 Å². The van der Waals surface area contributed by atoms with Crippen molar-refractivity contribution in [2.24, 2.45) is 0 Å². The van der Waals surface area contributed by atoms with E-state index in [4.69, 9.17) is 4.74 Å². The number of methoxy groups -OCH3 is 1. The first-order valence-electron chi connectivity index (χ1n) is 7.93. The standard InChI is InChI=1S/C21H18NO3/c1-25-19-9-5-8-18(14-19)20(23)15-22-12-10-17(11-13-22)21(24)16-6-3-2-4-7-16/h2-14H,15H2,1H3/q+1. The minimum atomic E-state index is -0.0353. The van der Waals surface area contributed by atoms with Crippen LogP contribution >= 0.6 is 0 Å². The van der Waals surface area contributed by atoms with Crippen LogP contribution in [0.3, 0.4) is 0 Å². The van der Waals surface area contributed by atoms with E-state index < -0.39 is 0 Å². The van der Waals surface area contributed by atoms with Gasteiger partial charge in [0.2, 0.25) is 12.3 Å². The van der Waals surface area contributed by atoms with Gasteiger partial charge < -0.3 is 4.74 Å². The average Bonchev–Trinajstić information content (AvgIpc) is 2.68. The molecule has 0 spiro atoms. The second kappa shape index (κ2) is 7.53. The molecule has 0 bridgehead atoms. The zero-order valence-electron chi connectivity index (χ0n) is 13.9. The van der Waals surface area contributed by atoms with Crippen molar-refractivity contribution in [3.63, 3.8) is 0 Å². The Labute approximate surface area is 146 Å². The molecule has 0 radical (unpaired) electrons. The number of Topliss-reactive ketones (excluding diaryl/α,β-unsaturated/α-hetero) is 1. The van der Waals surface area contributed by atoms with Crippen LogP contribution in [0.1, 0.15) is 26.3 Å². The number of hydrogen-bond donors (Lipinski definition) is 0. The topological polar surface area (TPSA) is 47.2 Å². The van der Waals surface area contributed by atoms with Crippen LogP contribution in [-0.4, -0.2) is 18.7 Å². The number of ketones is 2. The van der Waals surface area contributed by atoms with Gasteiger partial charge >= 0.3 is 0 Å². The summed E-state index contributed by atoms with van der Waals surface area (Å²) in [5.74, 6) is 0.595. The summed E-state index contributed by atoms with van der Waals surface area (Å²) < 4.78 is 6.90. The van der Waals surface area contributed by atoms with Crippen LogP contribution in [0.5, 0.6) is 5.75 Å². The summed E-state index contributed by atoms with van der Waals surface area (Å²) in [4.78, 5) is 24.8. The zero-order valence-corrected chi connectivity index (χ0v) is 13.9. The summed E-state index contributed by atoms with van der Waals surface area (Å²) in [6.07, 6.45) is 3.49. The van der Waals surface area contributed by atoms with Crippen LogP contribution in [-0.2, 0) is 6.54 Å². The van der Waals surface area contributed by atoms with Crippen molar-refractivity contribution in [1.82, 2.24) is 0 Å². The highest BCUT2D eigenvalue weighted by Gasteiger charge is 2.15. The van der Waals surface area contributed by atoms with Gasteiger partial charge in [-0.05, 0) is 12.1 Å². The van der Waals surface area contributed by atoms with E-state index in [1.54, 1.807) is 72.6 Å². The largest absolute Gasteiger partial charge is 0.497 e. The molecule has 4 nitrogen and oxygen atoms in total. The zero-order chi connectivity index (χ0) is 17.6. The Morgan fingerprint density at radius 3 is 2.16 bits per heavy atom. The van der Waals surface area contributed by atoms with Gasteiger partial charge in [0.15, 0.2) is 18.2 Å². The Hall–Kier alpha value is -3.27. The van der Waals surface area contributed by atoms with Gasteiger partial charge in [-0.3, -0.25) is 9.59 Å². The SMILES string of the molecule is COc1cccc(C(=O)C[n+]2ccc(C(=O)c3ccccc3)cc2)c1. The van der Waals surface area contributed by atoms with Gasteiger partial charge in [-0.1, -0.05) is 42.5 Å². The predicted molar refractivity (Wildman–Crippen MR) is 93.8 cm³/mol. The lowest BCUT2D eigenvalue weighted by atomic mass is 10.0. The Kier molecular flexibility index (Phi) is 5.00. The number of rotatable bonds is 6. The molecule has 0 aliphatic rings. The summed E-state index contributed by atoms with van der Waals surface area (Å²) in [5, 5.41) is 0. The smallest absolute Gasteiger partial charge is 0.227 e. The minimum absolute atomic E-state index is 0.0222. The minimum Gasteiger partial charge on any atom is -0.497 e. The van der Waals surface area contributed by atoms with Crippen LogP contribution in [0.4, 0.5) is 0 Å². The van der Waals surface area contributed by atoms with E-state index in [2.05, 4.69) is 0 Å². The van der Waals surface area contributed by atoms with Gasteiger partial charge in [-0.25, -0.2) is 0 Å². The summed E-state index contributed by atoms with van der Waals surface area (Å²) in [6, 6.07) is 19.7. The predicted octanol–water partition coefficient (Wildman–Crippen LogP) is 3.10. The van der Waals surface area contributed by atoms with Crippen molar-refractivity contribution in [2.75, 3.05) is 7.11 Å². The highest BCUT2D eigenvalue weighted by atomic mass is 16.5. The molecular weight excluding hydrogens is 314 g/mol. The first kappa shape index (κ1) is 16.6. The fraction of sp³-hybridized carbons (Fsp3) is 0.0952. The number of carbonyl (C=O) groups is 2. The summed E-state index contributed by atoms with van der Waals surface area (Å²) >= 11 is 0. The first-order valence-corrected chi connectivity index (χ1v) is 7.93. The van der Waals surface area contributed by atoms with Crippen molar-refractivity contribution in [2.45, 2.75) is 6.54 Å². The number of ether oxygens (including phenoxy) is 1. The van der Waals surface area contributed by atoms with E-state index in [1.807, 2.05) is 18.2 Å². The van der Waals surface area contributed by atoms with Crippen molar-refractivity contribution in [3.8, 4) is 5.75 Å². The molecule has 0 amide bonds. The number of benzene rings is 2. The van der Waals surface area contributed by atoms with Gasteiger partial charge in [0.05, 0.1) is 7.11 Å². The second-order valence-electron chi connectivity index (χ2n) is 5.61. The molecule has 0 aliphatic carbocycles. The van der Waals surface area contributed by atoms with Crippen molar-refractivity contribution in [3.05, 3.63) is 95.8 Å². The summed E-state index contributed by atoms with van der Waals surface area (Å²) in [7, 11) is 1.57. The Morgan fingerprint density at radius 2 is 1.48 bits per heavy atom. The third-order valence-electron chi connectivity index (χ3n) is 3.91. The number of nitrogens with zero attached hydrogens (tertiary/aromatic N) is 1. The maximum absolute atomic E-state index is 12.4. The maximum Gasteiger partial charge on any atom is 0.227 e. The highest BCUT2D eigenvalue weighted by molar-refractivity contribution is 6.08. The highest BCUT2D eigenvalue weighted by Crippen LogP contribution is 2.13. The van der Waals surface area contributed by atoms with Crippen molar-refractivity contribution >= 4 is 11.6 Å². The van der Waals surface area contributed by atoms with E-state index in [9.17, 15) is 9.59 Å². The van der Waals surface area contributed by atoms with Crippen LogP contribution in [0, 0.1) is 0 Å². The number of pyridine rings is 1. The average molecular weight is 332 g/mol. The molecule has 3 aromatic rings. The van der Waals surface area contributed by atoms with Crippen LogP contribution < -0.4 is 9.30 Å². The summed E-state index contributed by atoms with van der Waals surface area (Å²) in [6.45, 7) is 0.201. The molecule has 0 unspecified atom stereocenters. The lowest BCUT2D eigenvalue weighted by Crippen LogP contribution is -2.37. The van der Waals surface area contributed by atoms with Gasteiger partial charge in [0.25, 0.3) is 0 Å².